The number of hydrogen-bond donors (Lipinski definition) is 1. The zero-order chi connectivity index (χ0) is 21.3. The van der Waals surface area contributed by atoms with Gasteiger partial charge in [-0.2, -0.15) is 0 Å². The van der Waals surface area contributed by atoms with Crippen molar-refractivity contribution in [3.05, 3.63) is 57.6 Å². The van der Waals surface area contributed by atoms with Gasteiger partial charge in [-0.05, 0) is 69.5 Å². The van der Waals surface area contributed by atoms with Crippen molar-refractivity contribution >= 4 is 27.7 Å². The number of ether oxygens (including phenoxy) is 2. The van der Waals surface area contributed by atoms with Crippen molar-refractivity contribution in [2.24, 2.45) is 7.05 Å². The van der Waals surface area contributed by atoms with Crippen LogP contribution in [0, 0.1) is 6.92 Å². The number of aromatic nitrogens is 4. The molecule has 0 saturated carbocycles. The van der Waals surface area contributed by atoms with Crippen molar-refractivity contribution < 1.29 is 9.47 Å². The lowest BCUT2D eigenvalue weighted by molar-refractivity contribution is 0.282. The summed E-state index contributed by atoms with van der Waals surface area (Å²) in [6, 6.07) is 12.4. The van der Waals surface area contributed by atoms with E-state index in [2.05, 4.69) is 68.0 Å². The normalized spacial score (nSPS) is 10.9. The molecule has 0 radical (unpaired) electrons. The number of rotatable bonds is 11. The van der Waals surface area contributed by atoms with E-state index in [1.807, 2.05) is 19.2 Å². The summed E-state index contributed by atoms with van der Waals surface area (Å²) in [5, 5.41) is 15.7. The molecule has 9 heteroatoms. The topological polar surface area (TPSA) is 74.1 Å². The van der Waals surface area contributed by atoms with Gasteiger partial charge in [0.1, 0.15) is 6.61 Å². The quantitative estimate of drug-likeness (QED) is 0.319. The van der Waals surface area contributed by atoms with E-state index in [0.29, 0.717) is 6.61 Å². The fraction of sp³-hybridized carbons (Fsp3) is 0.381. The number of nitrogens with zero attached hydrogens (tertiary/aromatic N) is 4. The minimum atomic E-state index is 0.493. The molecule has 0 atom stereocenters. The molecule has 1 N–H and O–H groups in total. The molecule has 0 aliphatic carbocycles. The summed E-state index contributed by atoms with van der Waals surface area (Å²) in [7, 11) is 3.51. The van der Waals surface area contributed by atoms with E-state index in [1.165, 1.54) is 5.56 Å². The molecule has 3 aromatic rings. The summed E-state index contributed by atoms with van der Waals surface area (Å²) in [5.74, 6) is 2.40. The molecule has 1 heterocycles. The van der Waals surface area contributed by atoms with Crippen LogP contribution in [0.4, 0.5) is 0 Å². The molecule has 0 bridgehead atoms. The maximum atomic E-state index is 6.04. The molecule has 7 nitrogen and oxygen atoms in total. The van der Waals surface area contributed by atoms with E-state index < -0.39 is 0 Å². The first-order valence-electron chi connectivity index (χ1n) is 9.67. The van der Waals surface area contributed by atoms with Gasteiger partial charge in [0, 0.05) is 19.3 Å². The lowest BCUT2D eigenvalue weighted by Crippen LogP contribution is -2.15. The molecule has 0 unspecified atom stereocenters. The number of thioether (sulfide) groups is 1. The molecular formula is C21H26BrN5O2S. The maximum Gasteiger partial charge on any atom is 0.209 e. The van der Waals surface area contributed by atoms with E-state index in [4.69, 9.17) is 9.47 Å². The number of tetrazole rings is 1. The minimum absolute atomic E-state index is 0.493. The second kappa shape index (κ2) is 11.3. The Hall–Kier alpha value is -2.10. The number of aryl methyl sites for hydroxylation is 2. The molecule has 0 spiro atoms. The number of methoxy groups -OCH3 is 1. The maximum absolute atomic E-state index is 6.04. The molecule has 0 aliphatic heterocycles. The smallest absolute Gasteiger partial charge is 0.209 e. The molecular weight excluding hydrogens is 466 g/mol. The average molecular weight is 492 g/mol. The van der Waals surface area contributed by atoms with Crippen molar-refractivity contribution in [2.45, 2.75) is 31.7 Å². The van der Waals surface area contributed by atoms with Crippen LogP contribution in [-0.4, -0.2) is 39.6 Å². The van der Waals surface area contributed by atoms with E-state index in [-0.39, 0.29) is 0 Å². The van der Waals surface area contributed by atoms with Gasteiger partial charge in [0.05, 0.1) is 11.6 Å². The first kappa shape index (κ1) is 22.6. The largest absolute Gasteiger partial charge is 0.493 e. The highest BCUT2D eigenvalue weighted by molar-refractivity contribution is 9.10. The molecule has 30 heavy (non-hydrogen) atoms. The van der Waals surface area contributed by atoms with Crippen molar-refractivity contribution in [1.29, 1.82) is 0 Å². The lowest BCUT2D eigenvalue weighted by atomic mass is 10.1. The molecule has 3 rings (SSSR count). The zero-order valence-corrected chi connectivity index (χ0v) is 19.8. The van der Waals surface area contributed by atoms with Crippen LogP contribution in [0.2, 0.25) is 0 Å². The van der Waals surface area contributed by atoms with E-state index in [1.54, 1.807) is 23.6 Å². The number of nitrogens with one attached hydrogen (secondary N) is 1. The van der Waals surface area contributed by atoms with Crippen LogP contribution in [0.25, 0.3) is 0 Å². The van der Waals surface area contributed by atoms with E-state index in [9.17, 15) is 0 Å². The van der Waals surface area contributed by atoms with Gasteiger partial charge in [0.25, 0.3) is 0 Å². The number of hydrogen-bond acceptors (Lipinski definition) is 7. The predicted octanol–water partition coefficient (Wildman–Crippen LogP) is 4.14. The first-order valence-corrected chi connectivity index (χ1v) is 11.5. The van der Waals surface area contributed by atoms with Crippen LogP contribution in [0.5, 0.6) is 11.5 Å². The van der Waals surface area contributed by atoms with Gasteiger partial charge in [0.2, 0.25) is 5.16 Å². The van der Waals surface area contributed by atoms with Gasteiger partial charge in [0.15, 0.2) is 11.5 Å². The van der Waals surface area contributed by atoms with Gasteiger partial charge >= 0.3 is 0 Å². The van der Waals surface area contributed by atoms with Gasteiger partial charge < -0.3 is 14.8 Å². The van der Waals surface area contributed by atoms with Crippen LogP contribution in [0.3, 0.4) is 0 Å². The Labute approximate surface area is 189 Å². The van der Waals surface area contributed by atoms with E-state index >= 15 is 0 Å². The van der Waals surface area contributed by atoms with Gasteiger partial charge in [-0.15, -0.1) is 5.10 Å². The third-order valence-electron chi connectivity index (χ3n) is 4.39. The summed E-state index contributed by atoms with van der Waals surface area (Å²) >= 11 is 5.29. The second-order valence-corrected chi connectivity index (χ2v) is 8.77. The van der Waals surface area contributed by atoms with Crippen LogP contribution in [-0.2, 0) is 20.2 Å². The Morgan fingerprint density at radius 3 is 2.80 bits per heavy atom. The monoisotopic (exact) mass is 491 g/mol. The number of halogens is 1. The third-order valence-corrected chi connectivity index (χ3v) is 6.08. The standard InChI is InChI=1S/C21H26BrN5O2S/c1-15-6-4-7-16(10-15)14-29-20-18(22)11-17(12-19(20)28-3)13-23-8-5-9-30-21-24-25-26-27(21)2/h4,6-7,10-12,23H,5,8-9,13-14H2,1-3H3. The van der Waals surface area contributed by atoms with Crippen molar-refractivity contribution in [3.8, 4) is 11.5 Å². The van der Waals surface area contributed by atoms with Crippen molar-refractivity contribution in [2.75, 3.05) is 19.4 Å². The van der Waals surface area contributed by atoms with Crippen LogP contribution < -0.4 is 14.8 Å². The Kier molecular flexibility index (Phi) is 8.53. The fourth-order valence-corrected chi connectivity index (χ4v) is 4.30. The Balaban J connectivity index is 1.48. The summed E-state index contributed by atoms with van der Waals surface area (Å²) in [6.45, 7) is 4.23. The van der Waals surface area contributed by atoms with Crippen LogP contribution >= 0.6 is 27.7 Å². The molecule has 0 amide bonds. The molecule has 0 aliphatic rings. The summed E-state index contributed by atoms with van der Waals surface area (Å²) in [6.07, 6.45) is 1.02. The second-order valence-electron chi connectivity index (χ2n) is 6.85. The Morgan fingerprint density at radius 2 is 2.07 bits per heavy atom. The van der Waals surface area contributed by atoms with Crippen molar-refractivity contribution in [3.63, 3.8) is 0 Å². The van der Waals surface area contributed by atoms with Crippen LogP contribution in [0.15, 0.2) is 46.0 Å². The predicted molar refractivity (Wildman–Crippen MR) is 122 cm³/mol. The molecule has 0 fully saturated rings. The minimum Gasteiger partial charge on any atom is -0.493 e. The van der Waals surface area contributed by atoms with Gasteiger partial charge in [-0.25, -0.2) is 4.68 Å². The third kappa shape index (κ3) is 6.45. The molecule has 160 valence electrons. The van der Waals surface area contributed by atoms with E-state index in [0.717, 1.165) is 57.5 Å². The zero-order valence-electron chi connectivity index (χ0n) is 17.4. The molecule has 0 saturated heterocycles. The number of benzene rings is 2. The van der Waals surface area contributed by atoms with Gasteiger partial charge in [-0.3, -0.25) is 0 Å². The Bertz CT molecular complexity index is 966. The van der Waals surface area contributed by atoms with Crippen molar-refractivity contribution in [1.82, 2.24) is 25.5 Å². The SMILES string of the molecule is COc1cc(CNCCCSc2nnnn2C)cc(Br)c1OCc1cccc(C)c1. The highest BCUT2D eigenvalue weighted by Crippen LogP contribution is 2.37. The van der Waals surface area contributed by atoms with Gasteiger partial charge in [-0.1, -0.05) is 41.6 Å². The highest BCUT2D eigenvalue weighted by Gasteiger charge is 2.12. The Morgan fingerprint density at radius 1 is 1.20 bits per heavy atom. The summed E-state index contributed by atoms with van der Waals surface area (Å²) in [5.41, 5.74) is 3.48. The fourth-order valence-electron chi connectivity index (χ4n) is 2.91. The molecule has 2 aromatic carbocycles. The summed E-state index contributed by atoms with van der Waals surface area (Å²) in [4.78, 5) is 0. The van der Waals surface area contributed by atoms with Crippen LogP contribution in [0.1, 0.15) is 23.1 Å². The average Bonchev–Trinajstić information content (AvgIpc) is 3.14. The lowest BCUT2D eigenvalue weighted by Gasteiger charge is -2.15. The highest BCUT2D eigenvalue weighted by atomic mass is 79.9. The first-order chi connectivity index (χ1) is 14.6. The summed E-state index contributed by atoms with van der Waals surface area (Å²) < 4.78 is 14.2. The molecule has 1 aromatic heterocycles.